The average molecular weight is 230 g/mol. The Labute approximate surface area is 102 Å². The van der Waals surface area contributed by atoms with Crippen molar-refractivity contribution in [3.05, 3.63) is 41.5 Å². The van der Waals surface area contributed by atoms with Gasteiger partial charge < -0.3 is 4.74 Å². The third kappa shape index (κ3) is 1.68. The topological polar surface area (TPSA) is 26.3 Å². The maximum Gasteiger partial charge on any atom is 0.320 e. The third-order valence-corrected chi connectivity index (χ3v) is 3.60. The summed E-state index contributed by atoms with van der Waals surface area (Å²) >= 11 is 0. The molecule has 1 unspecified atom stereocenters. The van der Waals surface area contributed by atoms with Crippen LogP contribution in [0.5, 0.6) is 0 Å². The van der Waals surface area contributed by atoms with Crippen molar-refractivity contribution < 1.29 is 9.53 Å². The highest BCUT2D eigenvalue weighted by Gasteiger charge is 2.56. The van der Waals surface area contributed by atoms with Gasteiger partial charge in [0.15, 0.2) is 0 Å². The summed E-state index contributed by atoms with van der Waals surface area (Å²) in [4.78, 5) is 12.1. The summed E-state index contributed by atoms with van der Waals surface area (Å²) in [5.41, 5.74) is 3.00. The van der Waals surface area contributed by atoms with E-state index in [-0.39, 0.29) is 5.97 Å². The van der Waals surface area contributed by atoms with Crippen molar-refractivity contribution in [1.29, 1.82) is 0 Å². The number of benzene rings is 1. The molecule has 0 aliphatic heterocycles. The molecule has 0 radical (unpaired) electrons. The summed E-state index contributed by atoms with van der Waals surface area (Å²) in [5, 5.41) is 0. The number of hydrogen-bond donors (Lipinski definition) is 0. The first-order valence-electron chi connectivity index (χ1n) is 6.13. The molecule has 0 fully saturated rings. The predicted molar refractivity (Wildman–Crippen MR) is 68.4 cm³/mol. The van der Waals surface area contributed by atoms with E-state index in [1.54, 1.807) is 0 Å². The van der Waals surface area contributed by atoms with Crippen LogP contribution in [0, 0.1) is 5.41 Å². The SMILES string of the molecule is CCOC(=O)C1(CC)C(C)=C1c1ccccc1. The Bertz CT molecular complexity index is 459. The molecule has 0 spiro atoms. The fourth-order valence-electron chi connectivity index (χ4n) is 2.62. The largest absolute Gasteiger partial charge is 0.465 e. The molecule has 2 heteroatoms. The van der Waals surface area contributed by atoms with Gasteiger partial charge in [-0.3, -0.25) is 4.79 Å². The zero-order valence-electron chi connectivity index (χ0n) is 10.6. The standard InChI is InChI=1S/C15H18O2/c1-4-15(14(16)17-5-2)11(3)13(15)12-9-7-6-8-10-12/h6-10H,4-5H2,1-3H3. The second-order valence-electron chi connectivity index (χ2n) is 4.35. The second kappa shape index (κ2) is 4.36. The summed E-state index contributed by atoms with van der Waals surface area (Å²) in [5.74, 6) is -0.0983. The van der Waals surface area contributed by atoms with E-state index in [1.165, 1.54) is 0 Å². The van der Waals surface area contributed by atoms with Crippen molar-refractivity contribution >= 4 is 11.5 Å². The van der Waals surface area contributed by atoms with Crippen molar-refractivity contribution in [2.24, 2.45) is 5.41 Å². The van der Waals surface area contributed by atoms with E-state index in [1.807, 2.05) is 39.0 Å². The van der Waals surface area contributed by atoms with Crippen LogP contribution in [0.1, 0.15) is 32.8 Å². The van der Waals surface area contributed by atoms with Crippen LogP contribution < -0.4 is 0 Å². The van der Waals surface area contributed by atoms with E-state index >= 15 is 0 Å². The minimum Gasteiger partial charge on any atom is -0.465 e. The molecular weight excluding hydrogens is 212 g/mol. The Balaban J connectivity index is 2.29. The molecule has 90 valence electrons. The fourth-order valence-corrected chi connectivity index (χ4v) is 2.62. The Morgan fingerprint density at radius 1 is 1.24 bits per heavy atom. The van der Waals surface area contributed by atoms with Gasteiger partial charge in [-0.2, -0.15) is 0 Å². The van der Waals surface area contributed by atoms with Gasteiger partial charge in [0.05, 0.1) is 6.61 Å². The van der Waals surface area contributed by atoms with Gasteiger partial charge in [0.25, 0.3) is 0 Å². The summed E-state index contributed by atoms with van der Waals surface area (Å²) in [6, 6.07) is 10.1. The lowest BCUT2D eigenvalue weighted by Crippen LogP contribution is -2.22. The molecular formula is C15H18O2. The normalized spacial score (nSPS) is 22.5. The van der Waals surface area contributed by atoms with Crippen LogP contribution in [-0.2, 0) is 9.53 Å². The molecule has 17 heavy (non-hydrogen) atoms. The van der Waals surface area contributed by atoms with Crippen molar-refractivity contribution in [3.8, 4) is 0 Å². The maximum atomic E-state index is 12.1. The van der Waals surface area contributed by atoms with Gasteiger partial charge >= 0.3 is 5.97 Å². The summed E-state index contributed by atoms with van der Waals surface area (Å²) in [6.07, 6.45) is 0.780. The highest BCUT2D eigenvalue weighted by Crippen LogP contribution is 2.61. The van der Waals surface area contributed by atoms with Crippen molar-refractivity contribution in [2.75, 3.05) is 6.61 Å². The first kappa shape index (κ1) is 11.9. The number of hydrogen-bond acceptors (Lipinski definition) is 2. The Kier molecular flexibility index (Phi) is 3.05. The van der Waals surface area contributed by atoms with Crippen molar-refractivity contribution in [3.63, 3.8) is 0 Å². The number of carbonyl (C=O) groups is 1. The molecule has 0 saturated carbocycles. The summed E-state index contributed by atoms with van der Waals surface area (Å²) in [6.45, 7) is 6.36. The van der Waals surface area contributed by atoms with Crippen LogP contribution in [0.25, 0.3) is 5.57 Å². The van der Waals surface area contributed by atoms with E-state index in [2.05, 4.69) is 12.1 Å². The van der Waals surface area contributed by atoms with E-state index in [4.69, 9.17) is 4.74 Å². The monoisotopic (exact) mass is 230 g/mol. The molecule has 0 saturated heterocycles. The first-order chi connectivity index (χ1) is 8.18. The predicted octanol–water partition coefficient (Wildman–Crippen LogP) is 3.43. The van der Waals surface area contributed by atoms with E-state index in [0.717, 1.165) is 23.1 Å². The molecule has 1 aliphatic rings. The van der Waals surface area contributed by atoms with Crippen molar-refractivity contribution in [2.45, 2.75) is 27.2 Å². The molecule has 1 aromatic carbocycles. The van der Waals surface area contributed by atoms with Crippen LogP contribution in [0.2, 0.25) is 0 Å². The smallest absolute Gasteiger partial charge is 0.320 e. The fraction of sp³-hybridized carbons (Fsp3) is 0.400. The minimum atomic E-state index is -0.447. The number of ether oxygens (including phenoxy) is 1. The summed E-state index contributed by atoms with van der Waals surface area (Å²) in [7, 11) is 0. The number of carbonyl (C=O) groups excluding carboxylic acids is 1. The molecule has 1 aromatic rings. The third-order valence-electron chi connectivity index (χ3n) is 3.60. The molecule has 1 aliphatic carbocycles. The number of esters is 1. The van der Waals surface area contributed by atoms with Crippen molar-refractivity contribution in [1.82, 2.24) is 0 Å². The quantitative estimate of drug-likeness (QED) is 0.741. The van der Waals surface area contributed by atoms with Gasteiger partial charge in [-0.15, -0.1) is 0 Å². The molecule has 2 rings (SSSR count). The Hall–Kier alpha value is -1.57. The molecule has 0 amide bonds. The molecule has 2 nitrogen and oxygen atoms in total. The lowest BCUT2D eigenvalue weighted by atomic mass is 9.92. The van der Waals surface area contributed by atoms with E-state index in [0.29, 0.717) is 6.61 Å². The molecule has 0 bridgehead atoms. The maximum absolute atomic E-state index is 12.1. The van der Waals surface area contributed by atoms with Gasteiger partial charge in [-0.1, -0.05) is 37.3 Å². The van der Waals surface area contributed by atoms with Gasteiger partial charge in [-0.25, -0.2) is 0 Å². The van der Waals surface area contributed by atoms with Crippen LogP contribution >= 0.6 is 0 Å². The van der Waals surface area contributed by atoms with E-state index in [9.17, 15) is 4.79 Å². The first-order valence-corrected chi connectivity index (χ1v) is 6.13. The van der Waals surface area contributed by atoms with Gasteiger partial charge in [0, 0.05) is 0 Å². The second-order valence-corrected chi connectivity index (χ2v) is 4.35. The summed E-state index contributed by atoms with van der Waals surface area (Å²) < 4.78 is 5.20. The molecule has 0 heterocycles. The zero-order valence-corrected chi connectivity index (χ0v) is 10.6. The lowest BCUT2D eigenvalue weighted by molar-refractivity contribution is -0.148. The molecule has 0 N–H and O–H groups in total. The van der Waals surface area contributed by atoms with E-state index < -0.39 is 5.41 Å². The van der Waals surface area contributed by atoms with Crippen LogP contribution in [0.15, 0.2) is 35.9 Å². The highest BCUT2D eigenvalue weighted by molar-refractivity contribution is 6.08. The van der Waals surface area contributed by atoms with Crippen LogP contribution in [0.4, 0.5) is 0 Å². The highest BCUT2D eigenvalue weighted by atomic mass is 16.5. The lowest BCUT2D eigenvalue weighted by Gasteiger charge is -2.16. The Morgan fingerprint density at radius 3 is 2.41 bits per heavy atom. The molecule has 0 aromatic heterocycles. The van der Waals surface area contributed by atoms with Crippen LogP contribution in [0.3, 0.4) is 0 Å². The number of rotatable bonds is 4. The van der Waals surface area contributed by atoms with Gasteiger partial charge in [0.2, 0.25) is 0 Å². The van der Waals surface area contributed by atoms with Gasteiger partial charge in [-0.05, 0) is 37.0 Å². The van der Waals surface area contributed by atoms with Crippen LogP contribution in [-0.4, -0.2) is 12.6 Å². The average Bonchev–Trinajstić information content (AvgIpc) is 2.97. The molecule has 1 atom stereocenters. The minimum absolute atomic E-state index is 0.0983. The zero-order chi connectivity index (χ0) is 12.5. The Morgan fingerprint density at radius 2 is 1.88 bits per heavy atom. The van der Waals surface area contributed by atoms with Gasteiger partial charge in [0.1, 0.15) is 5.41 Å².